The Kier molecular flexibility index (Phi) is 10.4. The summed E-state index contributed by atoms with van der Waals surface area (Å²) in [5, 5.41) is 10.9. The molecular formula is C22H34O12. The van der Waals surface area contributed by atoms with Crippen molar-refractivity contribution in [3.8, 4) is 0 Å². The number of aliphatic hydroxyl groups excluding tert-OH is 1. The molecule has 12 heteroatoms. The second kappa shape index (κ2) is 12.6. The highest BCUT2D eigenvalue weighted by atomic mass is 16.8. The Morgan fingerprint density at radius 2 is 1.32 bits per heavy atom. The number of ether oxygens (including phenoxy) is 8. The van der Waals surface area contributed by atoms with Gasteiger partial charge in [0.25, 0.3) is 0 Å². The van der Waals surface area contributed by atoms with Gasteiger partial charge in [0.05, 0.1) is 18.8 Å². The molecule has 2 aliphatic heterocycles. The van der Waals surface area contributed by atoms with E-state index in [1.165, 1.54) is 20.1 Å². The Morgan fingerprint density at radius 3 is 1.85 bits per heavy atom. The topological polar surface area (TPSA) is 145 Å². The summed E-state index contributed by atoms with van der Waals surface area (Å²) in [5.41, 5.74) is 0. The van der Waals surface area contributed by atoms with E-state index < -0.39 is 79.3 Å². The van der Waals surface area contributed by atoms with E-state index in [1.54, 1.807) is 13.8 Å². The normalized spacial score (nSPS) is 38.0. The molecule has 2 saturated heterocycles. The second-order valence-corrected chi connectivity index (χ2v) is 8.05. The van der Waals surface area contributed by atoms with E-state index in [1.807, 2.05) is 0 Å². The van der Waals surface area contributed by atoms with Crippen LogP contribution in [-0.4, -0.2) is 98.1 Å². The third-order valence-electron chi connectivity index (χ3n) is 5.33. The van der Waals surface area contributed by atoms with Crippen molar-refractivity contribution < 1.29 is 57.4 Å². The van der Waals surface area contributed by atoms with Crippen molar-refractivity contribution in [1.82, 2.24) is 0 Å². The summed E-state index contributed by atoms with van der Waals surface area (Å²) in [6.45, 7) is 10.5. The van der Waals surface area contributed by atoms with Gasteiger partial charge in [-0.1, -0.05) is 6.08 Å². The predicted octanol–water partition coefficient (Wildman–Crippen LogP) is 0.235. The maximum absolute atomic E-state index is 11.9. The third-order valence-corrected chi connectivity index (χ3v) is 5.33. The van der Waals surface area contributed by atoms with Crippen LogP contribution in [0.4, 0.5) is 0 Å². The molecule has 10 atom stereocenters. The highest BCUT2D eigenvalue weighted by Crippen LogP contribution is 2.33. The van der Waals surface area contributed by atoms with Gasteiger partial charge in [-0.15, -0.1) is 6.58 Å². The molecule has 34 heavy (non-hydrogen) atoms. The zero-order chi connectivity index (χ0) is 25.6. The van der Waals surface area contributed by atoms with Gasteiger partial charge in [0.2, 0.25) is 0 Å². The molecule has 12 nitrogen and oxygen atoms in total. The number of rotatable bonds is 9. The van der Waals surface area contributed by atoms with E-state index in [0.717, 1.165) is 13.8 Å². The number of hydrogen-bond acceptors (Lipinski definition) is 12. The standard InChI is InChI=1S/C22H34O12/c1-8-9-28-21-15(26)18(16(27-7)10(2)29-21)34-22-20(33-14(6)25)19(32-13(5)24)17(11(3)30-22)31-12(4)23/h8,10-11,15-22,26H,1,9H2,2-7H3/t10-,11-,15+,16-,17-,18-,19+,20+,21+,22-/m0/s1. The lowest BCUT2D eigenvalue weighted by molar-refractivity contribution is -0.356. The van der Waals surface area contributed by atoms with Gasteiger partial charge in [-0.2, -0.15) is 0 Å². The van der Waals surface area contributed by atoms with Gasteiger partial charge < -0.3 is 43.0 Å². The first-order valence-corrected chi connectivity index (χ1v) is 10.9. The Labute approximate surface area is 198 Å². The Hall–Kier alpha value is -2.09. The third kappa shape index (κ3) is 6.96. The van der Waals surface area contributed by atoms with Gasteiger partial charge in [-0.25, -0.2) is 0 Å². The highest BCUT2D eigenvalue weighted by Gasteiger charge is 2.54. The lowest BCUT2D eigenvalue weighted by atomic mass is 9.97. The van der Waals surface area contributed by atoms with Gasteiger partial charge in [0.15, 0.2) is 30.9 Å². The van der Waals surface area contributed by atoms with Gasteiger partial charge >= 0.3 is 17.9 Å². The van der Waals surface area contributed by atoms with Crippen LogP contribution < -0.4 is 0 Å². The summed E-state index contributed by atoms with van der Waals surface area (Å²) >= 11 is 0. The van der Waals surface area contributed by atoms with Crippen LogP contribution in [0.1, 0.15) is 34.6 Å². The Bertz CT molecular complexity index is 727. The fourth-order valence-electron chi connectivity index (χ4n) is 4.00. The van der Waals surface area contributed by atoms with E-state index in [2.05, 4.69) is 6.58 Å². The first-order valence-electron chi connectivity index (χ1n) is 10.9. The van der Waals surface area contributed by atoms with Crippen LogP contribution in [0.5, 0.6) is 0 Å². The first-order chi connectivity index (χ1) is 16.0. The van der Waals surface area contributed by atoms with Crippen LogP contribution in [0.2, 0.25) is 0 Å². The van der Waals surface area contributed by atoms with Crippen molar-refractivity contribution in [2.24, 2.45) is 0 Å². The predicted molar refractivity (Wildman–Crippen MR) is 113 cm³/mol. The summed E-state index contributed by atoms with van der Waals surface area (Å²) in [5.74, 6) is -2.06. The minimum Gasteiger partial charge on any atom is -0.456 e. The molecule has 0 aliphatic carbocycles. The van der Waals surface area contributed by atoms with Crippen LogP contribution in [0.15, 0.2) is 12.7 Å². The van der Waals surface area contributed by atoms with E-state index in [4.69, 9.17) is 37.9 Å². The summed E-state index contributed by atoms with van der Waals surface area (Å²) in [4.78, 5) is 35.4. The molecule has 2 aliphatic rings. The lowest BCUT2D eigenvalue weighted by Gasteiger charge is -2.47. The van der Waals surface area contributed by atoms with Crippen molar-refractivity contribution in [3.05, 3.63) is 12.7 Å². The minimum absolute atomic E-state index is 0.116. The average molecular weight is 491 g/mol. The molecule has 2 heterocycles. The van der Waals surface area contributed by atoms with Crippen molar-refractivity contribution in [3.63, 3.8) is 0 Å². The van der Waals surface area contributed by atoms with E-state index in [0.29, 0.717) is 0 Å². The molecule has 0 spiro atoms. The molecule has 0 amide bonds. The van der Waals surface area contributed by atoms with E-state index >= 15 is 0 Å². The zero-order valence-corrected chi connectivity index (χ0v) is 20.2. The fraction of sp³-hybridized carbons (Fsp3) is 0.773. The summed E-state index contributed by atoms with van der Waals surface area (Å²) in [7, 11) is 1.42. The zero-order valence-electron chi connectivity index (χ0n) is 20.2. The second-order valence-electron chi connectivity index (χ2n) is 8.05. The van der Waals surface area contributed by atoms with Crippen molar-refractivity contribution in [1.29, 1.82) is 0 Å². The molecule has 1 N–H and O–H groups in total. The molecule has 194 valence electrons. The van der Waals surface area contributed by atoms with Crippen LogP contribution >= 0.6 is 0 Å². The average Bonchev–Trinajstić information content (AvgIpc) is 2.74. The van der Waals surface area contributed by atoms with Gasteiger partial charge in [-0.3, -0.25) is 14.4 Å². The Balaban J connectivity index is 2.38. The number of esters is 3. The van der Waals surface area contributed by atoms with E-state index in [-0.39, 0.29) is 6.61 Å². The number of carbonyl (C=O) groups is 3. The summed E-state index contributed by atoms with van der Waals surface area (Å²) < 4.78 is 44.7. The molecule has 2 fully saturated rings. The molecule has 0 aromatic rings. The molecule has 0 radical (unpaired) electrons. The number of carbonyl (C=O) groups excluding carboxylic acids is 3. The van der Waals surface area contributed by atoms with Gasteiger partial charge in [0.1, 0.15) is 18.3 Å². The van der Waals surface area contributed by atoms with Crippen LogP contribution in [0, 0.1) is 0 Å². The van der Waals surface area contributed by atoms with Crippen molar-refractivity contribution >= 4 is 17.9 Å². The fourth-order valence-corrected chi connectivity index (χ4v) is 4.00. The minimum atomic E-state index is -1.32. The van der Waals surface area contributed by atoms with E-state index in [9.17, 15) is 19.5 Å². The van der Waals surface area contributed by atoms with Crippen LogP contribution in [0.25, 0.3) is 0 Å². The first kappa shape index (κ1) is 28.1. The van der Waals surface area contributed by atoms with Crippen molar-refractivity contribution in [2.45, 2.75) is 96.0 Å². The lowest BCUT2D eigenvalue weighted by Crippen LogP contribution is -2.65. The van der Waals surface area contributed by atoms with Crippen LogP contribution in [0.3, 0.4) is 0 Å². The smallest absolute Gasteiger partial charge is 0.303 e. The molecule has 2 rings (SSSR count). The molecule has 0 unspecified atom stereocenters. The van der Waals surface area contributed by atoms with Gasteiger partial charge in [0, 0.05) is 27.9 Å². The SMILES string of the molecule is C=CCO[C@@H]1O[C@@H](C)[C@H](OC)[C@@H](O[C@@H]2O[C@@H](C)[C@H](OC(C)=O)[C@@H](OC(C)=O)[C@H]2OC(C)=O)[C@H]1O. The molecule has 0 aromatic heterocycles. The van der Waals surface area contributed by atoms with Gasteiger partial charge in [-0.05, 0) is 13.8 Å². The Morgan fingerprint density at radius 1 is 0.824 bits per heavy atom. The summed E-state index contributed by atoms with van der Waals surface area (Å²) in [6.07, 6.45) is -9.03. The maximum atomic E-state index is 11.9. The van der Waals surface area contributed by atoms with Crippen LogP contribution in [-0.2, 0) is 52.3 Å². The number of methoxy groups -OCH3 is 1. The number of aliphatic hydroxyl groups is 1. The molecule has 0 saturated carbocycles. The highest BCUT2D eigenvalue weighted by molar-refractivity contribution is 5.68. The molecule has 0 bridgehead atoms. The largest absolute Gasteiger partial charge is 0.456 e. The molecule has 0 aromatic carbocycles. The number of hydrogen-bond donors (Lipinski definition) is 1. The molecular weight excluding hydrogens is 456 g/mol. The van der Waals surface area contributed by atoms with Crippen molar-refractivity contribution in [2.75, 3.05) is 13.7 Å². The monoisotopic (exact) mass is 490 g/mol. The summed E-state index contributed by atoms with van der Waals surface area (Å²) in [6, 6.07) is 0. The maximum Gasteiger partial charge on any atom is 0.303 e. The quantitative estimate of drug-likeness (QED) is 0.268.